The third-order valence-electron chi connectivity index (χ3n) is 0. The Morgan fingerprint density at radius 3 is 1.00 bits per heavy atom. The molecule has 0 aromatic rings. The minimum Gasteiger partial charge on any atom is -2.00 e. The molecule has 0 aliphatic heterocycles. The van der Waals surface area contributed by atoms with Crippen molar-refractivity contribution in [3.8, 4) is 0 Å². The van der Waals surface area contributed by atoms with E-state index in [-0.39, 0.29) is 142 Å². The van der Waals surface area contributed by atoms with Crippen LogP contribution in [0.1, 0.15) is 0 Å². The predicted molar refractivity (Wildman–Crippen MR) is 12.2 cm³/mol. The van der Waals surface area contributed by atoms with Crippen LogP contribution < -0.4 is 0 Å². The zero-order valence-electron chi connectivity index (χ0n) is 2.32. The summed E-state index contributed by atoms with van der Waals surface area (Å²) in [5.74, 6) is 0. The van der Waals surface area contributed by atoms with Gasteiger partial charge in [-0.05, 0) is 0 Å². The van der Waals surface area contributed by atoms with Gasteiger partial charge in [-0.3, -0.25) is 0 Å². The van der Waals surface area contributed by atoms with Gasteiger partial charge in [0.15, 0.2) is 0 Å². The third kappa shape index (κ3) is 9.63. The van der Waals surface area contributed by atoms with Crippen LogP contribution in [0.25, 0.3) is 0 Å². The molecule has 1 nitrogen and oxygen atoms in total. The van der Waals surface area contributed by atoms with Crippen molar-refractivity contribution in [3.05, 3.63) is 0 Å². The maximum Gasteiger partial charge on any atom is 3.00 e. The standard InChI is InChI=1S/Ba.Ce.O.Sr/q+2;+3;-2;+2. The molecule has 0 fully saturated rings. The van der Waals surface area contributed by atoms with Crippen molar-refractivity contribution in [2.75, 3.05) is 0 Å². The Bertz CT molecular complexity index is 8.00. The van der Waals surface area contributed by atoms with Crippen molar-refractivity contribution in [3.63, 3.8) is 0 Å². The summed E-state index contributed by atoms with van der Waals surface area (Å²) in [7, 11) is 0. The van der Waals surface area contributed by atoms with Crippen molar-refractivity contribution >= 4 is 94.4 Å². The van der Waals surface area contributed by atoms with E-state index in [0.29, 0.717) is 0 Å². The average Bonchev–Trinajstić information content (AvgIpc) is 0. The van der Waals surface area contributed by atoms with Crippen molar-refractivity contribution in [1.29, 1.82) is 0 Å². The molecule has 0 amide bonds. The van der Waals surface area contributed by atoms with Crippen LogP contribution in [0.2, 0.25) is 0 Å². The minimum absolute atomic E-state index is 0. The van der Waals surface area contributed by atoms with E-state index in [2.05, 4.69) is 0 Å². The molecule has 0 spiro atoms. The summed E-state index contributed by atoms with van der Waals surface area (Å²) < 4.78 is 0. The van der Waals surface area contributed by atoms with Crippen LogP contribution in [-0.4, -0.2) is 94.4 Å². The first-order valence-electron chi connectivity index (χ1n) is 0. The smallest absolute Gasteiger partial charge is 2.00 e. The number of rotatable bonds is 0. The Kier molecular flexibility index (Phi) is 93.1. The fraction of sp³-hybridized carbons (Fsp3) is 0. The molecule has 0 rings (SSSR count). The quantitative estimate of drug-likeness (QED) is 0.488. The minimum atomic E-state index is 0. The van der Waals surface area contributed by atoms with E-state index in [1.54, 1.807) is 0 Å². The van der Waals surface area contributed by atoms with Crippen molar-refractivity contribution in [1.82, 2.24) is 0 Å². The first-order chi connectivity index (χ1) is 0. The number of hydrogen-bond acceptors (Lipinski definition) is 0. The van der Waals surface area contributed by atoms with Crippen LogP contribution in [0, 0.1) is 41.7 Å². The summed E-state index contributed by atoms with van der Waals surface area (Å²) in [6.45, 7) is 0. The summed E-state index contributed by atoms with van der Waals surface area (Å²) in [4.78, 5) is 0. The van der Waals surface area contributed by atoms with E-state index in [9.17, 15) is 0 Å². The average molecular weight is 381 g/mol. The summed E-state index contributed by atoms with van der Waals surface area (Å²) in [6, 6.07) is 0. The third-order valence-corrected chi connectivity index (χ3v) is 0. The normalized spacial score (nSPS) is 0. The van der Waals surface area contributed by atoms with Gasteiger partial charge < -0.3 is 5.48 Å². The molecule has 0 saturated heterocycles. The fourth-order valence-corrected chi connectivity index (χ4v) is 0. The van der Waals surface area contributed by atoms with Crippen molar-refractivity contribution in [2.45, 2.75) is 0 Å². The molecule has 0 aliphatic rings. The maximum atomic E-state index is 0. The van der Waals surface area contributed by atoms with Gasteiger partial charge in [0.25, 0.3) is 0 Å². The molecule has 0 aromatic carbocycles. The van der Waals surface area contributed by atoms with Gasteiger partial charge in [0.05, 0.1) is 0 Å². The molecule has 0 heterocycles. The molecule has 0 aromatic heterocycles. The van der Waals surface area contributed by atoms with E-state index in [0.717, 1.165) is 0 Å². The monoisotopic (exact) mass is 382 g/mol. The summed E-state index contributed by atoms with van der Waals surface area (Å²) in [6.07, 6.45) is 0. The topological polar surface area (TPSA) is 28.5 Å². The van der Waals surface area contributed by atoms with Gasteiger partial charge in [0, 0.05) is 0 Å². The molecule has 0 aliphatic carbocycles. The largest absolute Gasteiger partial charge is 3.00 e. The molecular formula is BaCeOSr+5. The Morgan fingerprint density at radius 2 is 1.00 bits per heavy atom. The summed E-state index contributed by atoms with van der Waals surface area (Å²) in [5.41, 5.74) is 0. The van der Waals surface area contributed by atoms with Gasteiger partial charge in [-0.2, -0.15) is 0 Å². The second-order valence-electron chi connectivity index (χ2n) is 0. The zero-order valence-corrected chi connectivity index (χ0v) is 13.4. The first-order valence-corrected chi connectivity index (χ1v) is 0. The van der Waals surface area contributed by atoms with Gasteiger partial charge in [-0.25, -0.2) is 0 Å². The number of hydrogen-bond donors (Lipinski definition) is 0. The Hall–Kier alpha value is 4.39. The SMILES string of the molecule is [Ba+2].[Ce+3].[O-2].[Sr+2]. The van der Waals surface area contributed by atoms with Gasteiger partial charge in [-0.15, -0.1) is 0 Å². The maximum absolute atomic E-state index is 0. The van der Waals surface area contributed by atoms with Crippen molar-refractivity contribution in [2.24, 2.45) is 0 Å². The zero-order chi connectivity index (χ0) is 0. The van der Waals surface area contributed by atoms with Crippen molar-refractivity contribution < 1.29 is 47.2 Å². The fourth-order valence-electron chi connectivity index (χ4n) is 0. The molecule has 0 atom stereocenters. The molecule has 9 valence electrons. The predicted octanol–water partition coefficient (Wildman–Crippen LogP) is -0.880. The molecule has 1 radical (unpaired) electrons. The van der Waals surface area contributed by atoms with E-state index in [4.69, 9.17) is 0 Å². The van der Waals surface area contributed by atoms with Crippen LogP contribution in [0.4, 0.5) is 0 Å². The second-order valence-corrected chi connectivity index (χ2v) is 0. The van der Waals surface area contributed by atoms with E-state index < -0.39 is 0 Å². The van der Waals surface area contributed by atoms with E-state index in [1.807, 2.05) is 0 Å². The first kappa shape index (κ1) is 23.8. The summed E-state index contributed by atoms with van der Waals surface area (Å²) >= 11 is 0. The summed E-state index contributed by atoms with van der Waals surface area (Å²) in [5, 5.41) is 0. The molecular weight excluding hydrogens is 381 g/mol. The van der Waals surface area contributed by atoms with Gasteiger partial charge in [-0.1, -0.05) is 0 Å². The van der Waals surface area contributed by atoms with Crippen LogP contribution in [0.15, 0.2) is 0 Å². The Labute approximate surface area is 137 Å². The Balaban J connectivity index is 0. The second kappa shape index (κ2) is 15.7. The van der Waals surface area contributed by atoms with Gasteiger partial charge in [0.2, 0.25) is 0 Å². The van der Waals surface area contributed by atoms with Crippen LogP contribution in [0.5, 0.6) is 0 Å². The van der Waals surface area contributed by atoms with E-state index >= 15 is 0 Å². The van der Waals surface area contributed by atoms with Gasteiger partial charge in [0.1, 0.15) is 0 Å². The van der Waals surface area contributed by atoms with Crippen LogP contribution in [0.3, 0.4) is 0 Å². The molecule has 0 N–H and O–H groups in total. The molecule has 0 saturated carbocycles. The van der Waals surface area contributed by atoms with E-state index in [1.165, 1.54) is 0 Å². The molecule has 4 heavy (non-hydrogen) atoms. The van der Waals surface area contributed by atoms with Gasteiger partial charge >= 0.3 is 136 Å². The molecule has 0 bridgehead atoms. The molecule has 4 heteroatoms. The Morgan fingerprint density at radius 1 is 1.00 bits per heavy atom. The van der Waals surface area contributed by atoms with Crippen LogP contribution >= 0.6 is 0 Å². The molecule has 0 unspecified atom stereocenters. The van der Waals surface area contributed by atoms with Crippen LogP contribution in [-0.2, 0) is 5.48 Å².